The number of nitrogens with two attached hydrogens (primary N) is 1. The average molecular weight is 285 g/mol. The second kappa shape index (κ2) is 7.14. The van der Waals surface area contributed by atoms with E-state index in [0.717, 1.165) is 30.1 Å². The fourth-order valence-corrected chi connectivity index (χ4v) is 2.22. The summed E-state index contributed by atoms with van der Waals surface area (Å²) in [5.41, 5.74) is 8.50. The fraction of sp³-hybridized carbons (Fsp3) is 0.333. The number of benzene rings is 2. The first-order chi connectivity index (χ1) is 10.1. The second-order valence-electron chi connectivity index (χ2n) is 5.21. The van der Waals surface area contributed by atoms with Gasteiger partial charge >= 0.3 is 0 Å². The number of rotatable bonds is 6. The summed E-state index contributed by atoms with van der Waals surface area (Å²) < 4.78 is 11.2. The van der Waals surface area contributed by atoms with Gasteiger partial charge in [-0.05, 0) is 55.2 Å². The highest BCUT2D eigenvalue weighted by Crippen LogP contribution is 2.31. The molecule has 3 nitrogen and oxygen atoms in total. The van der Waals surface area contributed by atoms with Gasteiger partial charge in [-0.3, -0.25) is 0 Å². The molecule has 0 aromatic heterocycles. The Morgan fingerprint density at radius 2 is 1.81 bits per heavy atom. The van der Waals surface area contributed by atoms with E-state index in [9.17, 15) is 0 Å². The molecule has 0 amide bonds. The van der Waals surface area contributed by atoms with Gasteiger partial charge in [-0.25, -0.2) is 0 Å². The highest BCUT2D eigenvalue weighted by atomic mass is 16.5. The quantitative estimate of drug-likeness (QED) is 0.870. The molecule has 0 aliphatic carbocycles. The van der Waals surface area contributed by atoms with Crippen LogP contribution in [0.15, 0.2) is 42.5 Å². The topological polar surface area (TPSA) is 44.5 Å². The van der Waals surface area contributed by atoms with Gasteiger partial charge in [0.1, 0.15) is 5.75 Å². The normalized spacial score (nSPS) is 12.0. The number of hydrogen-bond donors (Lipinski definition) is 1. The van der Waals surface area contributed by atoms with Gasteiger partial charge in [0, 0.05) is 6.04 Å². The third-order valence-electron chi connectivity index (χ3n) is 3.62. The molecule has 0 aliphatic heterocycles. The molecule has 2 aromatic carbocycles. The third-order valence-corrected chi connectivity index (χ3v) is 3.62. The van der Waals surface area contributed by atoms with Crippen molar-refractivity contribution in [2.45, 2.75) is 32.7 Å². The molecular weight excluding hydrogens is 262 g/mol. The molecule has 0 radical (unpaired) electrons. The van der Waals surface area contributed by atoms with Crippen molar-refractivity contribution in [1.82, 2.24) is 0 Å². The molecule has 0 bridgehead atoms. The summed E-state index contributed by atoms with van der Waals surface area (Å²) in [6, 6.07) is 14.0. The van der Waals surface area contributed by atoms with Crippen LogP contribution >= 0.6 is 0 Å². The van der Waals surface area contributed by atoms with Crippen LogP contribution in [0.2, 0.25) is 0 Å². The van der Waals surface area contributed by atoms with Crippen molar-refractivity contribution in [3.05, 3.63) is 53.6 Å². The Bertz CT molecular complexity index is 596. The van der Waals surface area contributed by atoms with Gasteiger partial charge in [-0.15, -0.1) is 0 Å². The Balaban J connectivity index is 2.16. The van der Waals surface area contributed by atoms with Crippen LogP contribution < -0.4 is 15.2 Å². The van der Waals surface area contributed by atoms with E-state index in [1.807, 2.05) is 36.4 Å². The predicted octanol–water partition coefficient (Wildman–Crippen LogP) is 4.08. The number of methoxy groups -OCH3 is 1. The average Bonchev–Trinajstić information content (AvgIpc) is 2.50. The molecule has 1 unspecified atom stereocenters. The molecule has 0 spiro atoms. The van der Waals surface area contributed by atoms with Crippen LogP contribution in [-0.2, 0) is 6.42 Å². The molecule has 0 saturated carbocycles. The van der Waals surface area contributed by atoms with E-state index in [1.165, 1.54) is 11.1 Å². The van der Waals surface area contributed by atoms with Crippen LogP contribution in [0.25, 0.3) is 0 Å². The zero-order chi connectivity index (χ0) is 15.2. The number of aryl methyl sites for hydroxylation is 1. The van der Waals surface area contributed by atoms with Crippen LogP contribution in [0.3, 0.4) is 0 Å². The van der Waals surface area contributed by atoms with E-state index in [0.29, 0.717) is 0 Å². The second-order valence-corrected chi connectivity index (χ2v) is 5.21. The molecule has 21 heavy (non-hydrogen) atoms. The Morgan fingerprint density at radius 1 is 1.10 bits per heavy atom. The lowest BCUT2D eigenvalue weighted by Crippen LogP contribution is -2.21. The summed E-state index contributed by atoms with van der Waals surface area (Å²) in [5, 5.41) is 0. The van der Waals surface area contributed by atoms with E-state index in [4.69, 9.17) is 15.2 Å². The van der Waals surface area contributed by atoms with Crippen molar-refractivity contribution in [3.63, 3.8) is 0 Å². The largest absolute Gasteiger partial charge is 0.493 e. The van der Waals surface area contributed by atoms with Gasteiger partial charge in [-0.1, -0.05) is 25.1 Å². The highest BCUT2D eigenvalue weighted by Gasteiger charge is 2.08. The zero-order valence-corrected chi connectivity index (χ0v) is 12.9. The van der Waals surface area contributed by atoms with E-state index in [1.54, 1.807) is 7.11 Å². The monoisotopic (exact) mass is 285 g/mol. The molecule has 1 atom stereocenters. The zero-order valence-electron chi connectivity index (χ0n) is 12.9. The van der Waals surface area contributed by atoms with Crippen molar-refractivity contribution in [1.29, 1.82) is 0 Å². The van der Waals surface area contributed by atoms with Gasteiger partial charge in [0.15, 0.2) is 11.5 Å². The molecule has 2 rings (SSSR count). The van der Waals surface area contributed by atoms with E-state index in [2.05, 4.69) is 19.9 Å². The third kappa shape index (κ3) is 3.99. The van der Waals surface area contributed by atoms with Crippen LogP contribution in [0.1, 0.15) is 24.5 Å². The molecule has 0 aliphatic rings. The van der Waals surface area contributed by atoms with Crippen molar-refractivity contribution >= 4 is 0 Å². The van der Waals surface area contributed by atoms with Gasteiger partial charge in [0.05, 0.1) is 7.11 Å². The van der Waals surface area contributed by atoms with Gasteiger partial charge < -0.3 is 15.2 Å². The Kier molecular flexibility index (Phi) is 5.23. The van der Waals surface area contributed by atoms with Gasteiger partial charge in [0.25, 0.3) is 0 Å². The summed E-state index contributed by atoms with van der Waals surface area (Å²) in [4.78, 5) is 0. The summed E-state index contributed by atoms with van der Waals surface area (Å²) in [6.07, 6.45) is 1.89. The lowest BCUT2D eigenvalue weighted by molar-refractivity contribution is 0.378. The molecule has 2 N–H and O–H groups in total. The standard InChI is InChI=1S/C18H23NO2/c1-4-15(19)12-14-9-10-16(11-13(14)2)21-18-8-6-5-7-17(18)20-3/h5-11,15H,4,12,19H2,1-3H3. The lowest BCUT2D eigenvalue weighted by Gasteiger charge is -2.14. The van der Waals surface area contributed by atoms with Crippen LogP contribution in [-0.4, -0.2) is 13.2 Å². The summed E-state index contributed by atoms with van der Waals surface area (Å²) >= 11 is 0. The van der Waals surface area contributed by atoms with Crippen molar-refractivity contribution in [3.8, 4) is 17.2 Å². The maximum Gasteiger partial charge on any atom is 0.169 e. The summed E-state index contributed by atoms with van der Waals surface area (Å²) in [5.74, 6) is 2.26. The number of para-hydroxylation sites is 2. The molecule has 3 heteroatoms. The van der Waals surface area contributed by atoms with E-state index >= 15 is 0 Å². The van der Waals surface area contributed by atoms with Crippen LogP contribution in [0.4, 0.5) is 0 Å². The molecule has 0 heterocycles. The number of hydrogen-bond acceptors (Lipinski definition) is 3. The first-order valence-electron chi connectivity index (χ1n) is 7.30. The van der Waals surface area contributed by atoms with Crippen molar-refractivity contribution < 1.29 is 9.47 Å². The number of ether oxygens (including phenoxy) is 2. The maximum atomic E-state index is 6.03. The minimum atomic E-state index is 0.213. The van der Waals surface area contributed by atoms with Crippen LogP contribution in [0, 0.1) is 6.92 Å². The fourth-order valence-electron chi connectivity index (χ4n) is 2.22. The SMILES string of the molecule is CCC(N)Cc1ccc(Oc2ccccc2OC)cc1C. The lowest BCUT2D eigenvalue weighted by atomic mass is 10.00. The minimum Gasteiger partial charge on any atom is -0.493 e. The van der Waals surface area contributed by atoms with Crippen LogP contribution in [0.5, 0.6) is 17.2 Å². The van der Waals surface area contributed by atoms with Gasteiger partial charge in [0.2, 0.25) is 0 Å². The molecular formula is C18H23NO2. The molecule has 2 aromatic rings. The molecule has 0 saturated heterocycles. The molecule has 0 fully saturated rings. The van der Waals surface area contributed by atoms with Crippen molar-refractivity contribution in [2.75, 3.05) is 7.11 Å². The smallest absolute Gasteiger partial charge is 0.169 e. The molecule has 112 valence electrons. The van der Waals surface area contributed by atoms with Crippen molar-refractivity contribution in [2.24, 2.45) is 5.73 Å². The van der Waals surface area contributed by atoms with Gasteiger partial charge in [-0.2, -0.15) is 0 Å². The summed E-state index contributed by atoms with van der Waals surface area (Å²) in [7, 11) is 1.64. The van der Waals surface area contributed by atoms with E-state index in [-0.39, 0.29) is 6.04 Å². The van der Waals surface area contributed by atoms with E-state index < -0.39 is 0 Å². The minimum absolute atomic E-state index is 0.213. The first kappa shape index (κ1) is 15.4. The Labute approximate surface area is 126 Å². The Morgan fingerprint density at radius 3 is 2.43 bits per heavy atom. The summed E-state index contributed by atoms with van der Waals surface area (Å²) in [6.45, 7) is 4.20. The Hall–Kier alpha value is -2.00. The highest BCUT2D eigenvalue weighted by molar-refractivity contribution is 5.44. The first-order valence-corrected chi connectivity index (χ1v) is 7.30. The maximum absolute atomic E-state index is 6.03. The predicted molar refractivity (Wildman–Crippen MR) is 86.2 cm³/mol.